The van der Waals surface area contributed by atoms with Crippen LogP contribution in [0.25, 0.3) is 0 Å². The minimum atomic E-state index is -0.232. The van der Waals surface area contributed by atoms with Gasteiger partial charge in [-0.15, -0.1) is 0 Å². The zero-order chi connectivity index (χ0) is 14.4. The van der Waals surface area contributed by atoms with Gasteiger partial charge in [0.2, 0.25) is 0 Å². The Bertz CT molecular complexity index is 557. The van der Waals surface area contributed by atoms with Crippen LogP contribution in [-0.4, -0.2) is 18.1 Å². The molecule has 0 saturated carbocycles. The molecule has 106 valence electrons. The van der Waals surface area contributed by atoms with Crippen LogP contribution in [0.3, 0.4) is 0 Å². The van der Waals surface area contributed by atoms with Gasteiger partial charge in [0, 0.05) is 25.0 Å². The highest BCUT2D eigenvalue weighted by atomic mass is 19.1. The van der Waals surface area contributed by atoms with Crippen molar-refractivity contribution < 1.29 is 4.39 Å². The number of hydrogen-bond acceptors (Lipinski definition) is 3. The normalized spacial score (nSPS) is 10.6. The van der Waals surface area contributed by atoms with Crippen molar-refractivity contribution >= 4 is 11.5 Å². The lowest BCUT2D eigenvalue weighted by molar-refractivity contribution is 0.627. The molecule has 2 aromatic rings. The first-order valence-corrected chi connectivity index (χ1v) is 6.93. The van der Waals surface area contributed by atoms with Crippen LogP contribution in [0.4, 0.5) is 15.9 Å². The first-order valence-electron chi connectivity index (χ1n) is 6.93. The van der Waals surface area contributed by atoms with Gasteiger partial charge in [-0.1, -0.05) is 13.0 Å². The van der Waals surface area contributed by atoms with E-state index < -0.39 is 0 Å². The number of pyridine rings is 1. The number of hydrogen-bond donors (Lipinski definition) is 1. The lowest BCUT2D eigenvalue weighted by atomic mass is 10.2. The number of aromatic nitrogens is 1. The average Bonchev–Trinajstić information content (AvgIpc) is 2.46. The molecule has 2 rings (SSSR count). The Kier molecular flexibility index (Phi) is 5.07. The Morgan fingerprint density at radius 3 is 2.75 bits per heavy atom. The predicted molar refractivity (Wildman–Crippen MR) is 80.7 cm³/mol. The van der Waals surface area contributed by atoms with E-state index in [0.29, 0.717) is 0 Å². The molecule has 0 bridgehead atoms. The summed E-state index contributed by atoms with van der Waals surface area (Å²) in [6.07, 6.45) is 1.80. The second-order valence-electron chi connectivity index (χ2n) is 4.53. The molecule has 0 radical (unpaired) electrons. The quantitative estimate of drug-likeness (QED) is 0.873. The lowest BCUT2D eigenvalue weighted by Crippen LogP contribution is -2.18. The van der Waals surface area contributed by atoms with Crippen molar-refractivity contribution in [3.8, 4) is 0 Å². The van der Waals surface area contributed by atoms with Crippen LogP contribution in [0.2, 0.25) is 0 Å². The largest absolute Gasteiger partial charge is 0.327 e. The van der Waals surface area contributed by atoms with E-state index in [-0.39, 0.29) is 5.82 Å². The highest BCUT2D eigenvalue weighted by Gasteiger charge is 2.09. The van der Waals surface area contributed by atoms with Gasteiger partial charge in [0.1, 0.15) is 11.6 Å². The highest BCUT2D eigenvalue weighted by molar-refractivity contribution is 5.60. The smallest absolute Gasteiger partial charge is 0.133 e. The van der Waals surface area contributed by atoms with Gasteiger partial charge in [0.15, 0.2) is 0 Å². The third-order valence-electron chi connectivity index (χ3n) is 3.10. The fourth-order valence-electron chi connectivity index (χ4n) is 2.11. The maximum absolute atomic E-state index is 13.4. The van der Waals surface area contributed by atoms with Crippen LogP contribution >= 0.6 is 0 Å². The first kappa shape index (κ1) is 14.5. The zero-order valence-corrected chi connectivity index (χ0v) is 11.9. The molecule has 0 atom stereocenters. The number of benzene rings is 1. The fourth-order valence-corrected chi connectivity index (χ4v) is 2.11. The number of nitrogens with one attached hydrogen (secondary N) is 1. The molecule has 1 aromatic carbocycles. The van der Waals surface area contributed by atoms with Gasteiger partial charge in [0.05, 0.1) is 0 Å². The van der Waals surface area contributed by atoms with Crippen LogP contribution in [0.1, 0.15) is 19.4 Å². The highest BCUT2D eigenvalue weighted by Crippen LogP contribution is 2.24. The van der Waals surface area contributed by atoms with Crippen molar-refractivity contribution in [3.05, 3.63) is 54.0 Å². The van der Waals surface area contributed by atoms with Gasteiger partial charge >= 0.3 is 0 Å². The summed E-state index contributed by atoms with van der Waals surface area (Å²) in [6, 6.07) is 10.6. The van der Waals surface area contributed by atoms with Crippen molar-refractivity contribution in [2.24, 2.45) is 0 Å². The number of nitrogens with zero attached hydrogens (tertiary/aromatic N) is 2. The topological polar surface area (TPSA) is 28.2 Å². The summed E-state index contributed by atoms with van der Waals surface area (Å²) >= 11 is 0. The molecular formula is C16H20FN3. The monoisotopic (exact) mass is 273 g/mol. The maximum Gasteiger partial charge on any atom is 0.133 e. The van der Waals surface area contributed by atoms with Crippen molar-refractivity contribution in [1.82, 2.24) is 10.3 Å². The Balaban J connectivity index is 2.27. The third-order valence-corrected chi connectivity index (χ3v) is 3.10. The Morgan fingerprint density at radius 2 is 2.05 bits per heavy atom. The van der Waals surface area contributed by atoms with E-state index in [1.807, 2.05) is 30.0 Å². The van der Waals surface area contributed by atoms with Crippen LogP contribution in [0.5, 0.6) is 0 Å². The third kappa shape index (κ3) is 3.54. The molecule has 0 aliphatic heterocycles. The lowest BCUT2D eigenvalue weighted by Gasteiger charge is -2.22. The van der Waals surface area contributed by atoms with Crippen LogP contribution < -0.4 is 10.2 Å². The van der Waals surface area contributed by atoms with Crippen molar-refractivity contribution in [1.29, 1.82) is 0 Å². The molecule has 0 aliphatic rings. The van der Waals surface area contributed by atoms with E-state index in [9.17, 15) is 4.39 Å². The Morgan fingerprint density at radius 1 is 1.20 bits per heavy atom. The van der Waals surface area contributed by atoms with E-state index in [4.69, 9.17) is 0 Å². The summed E-state index contributed by atoms with van der Waals surface area (Å²) in [5.41, 5.74) is 1.99. The molecule has 0 saturated heterocycles. The molecule has 3 nitrogen and oxygen atoms in total. The van der Waals surface area contributed by atoms with E-state index in [1.54, 1.807) is 12.3 Å². The summed E-state index contributed by atoms with van der Waals surface area (Å²) in [4.78, 5) is 6.40. The summed E-state index contributed by atoms with van der Waals surface area (Å²) in [6.45, 7) is 6.59. The SMILES string of the molecule is CCNCc1ccnc(N(CC)c2cccc(F)c2)c1. The molecule has 0 spiro atoms. The number of anilines is 2. The second-order valence-corrected chi connectivity index (χ2v) is 4.53. The van der Waals surface area contributed by atoms with E-state index >= 15 is 0 Å². The summed E-state index contributed by atoms with van der Waals surface area (Å²) in [7, 11) is 0. The molecule has 1 aromatic heterocycles. The van der Waals surface area contributed by atoms with Gasteiger partial charge in [-0.3, -0.25) is 0 Å². The number of rotatable bonds is 6. The minimum absolute atomic E-state index is 0.232. The Labute approximate surface area is 119 Å². The minimum Gasteiger partial charge on any atom is -0.327 e. The van der Waals surface area contributed by atoms with Crippen molar-refractivity contribution in [2.75, 3.05) is 18.0 Å². The van der Waals surface area contributed by atoms with Crippen LogP contribution in [0, 0.1) is 5.82 Å². The van der Waals surface area contributed by atoms with Crippen LogP contribution in [0.15, 0.2) is 42.6 Å². The molecule has 0 unspecified atom stereocenters. The van der Waals surface area contributed by atoms with Gasteiger partial charge in [-0.2, -0.15) is 0 Å². The Hall–Kier alpha value is -1.94. The molecule has 0 aliphatic carbocycles. The van der Waals surface area contributed by atoms with E-state index in [0.717, 1.165) is 31.1 Å². The molecule has 0 fully saturated rings. The predicted octanol–water partition coefficient (Wildman–Crippen LogP) is 3.49. The standard InChI is InChI=1S/C16H20FN3/c1-3-18-12-13-8-9-19-16(10-13)20(4-2)15-7-5-6-14(17)11-15/h5-11,18H,3-4,12H2,1-2H3. The van der Waals surface area contributed by atoms with Gasteiger partial charge in [-0.25, -0.2) is 9.37 Å². The van der Waals surface area contributed by atoms with Gasteiger partial charge < -0.3 is 10.2 Å². The molecule has 20 heavy (non-hydrogen) atoms. The zero-order valence-electron chi connectivity index (χ0n) is 11.9. The van der Waals surface area contributed by atoms with Crippen molar-refractivity contribution in [2.45, 2.75) is 20.4 Å². The summed E-state index contributed by atoms with van der Waals surface area (Å²) in [5.74, 6) is 0.609. The number of halogens is 1. The molecule has 1 N–H and O–H groups in total. The summed E-state index contributed by atoms with van der Waals surface area (Å²) in [5, 5.41) is 3.29. The van der Waals surface area contributed by atoms with E-state index in [1.165, 1.54) is 17.7 Å². The van der Waals surface area contributed by atoms with Gasteiger partial charge in [0.25, 0.3) is 0 Å². The fraction of sp³-hybridized carbons (Fsp3) is 0.312. The molecular weight excluding hydrogens is 253 g/mol. The van der Waals surface area contributed by atoms with Crippen LogP contribution in [-0.2, 0) is 6.54 Å². The van der Waals surface area contributed by atoms with E-state index in [2.05, 4.69) is 17.2 Å². The molecule has 4 heteroatoms. The first-order chi connectivity index (χ1) is 9.74. The van der Waals surface area contributed by atoms with Gasteiger partial charge in [-0.05, 0) is 49.4 Å². The average molecular weight is 273 g/mol. The second kappa shape index (κ2) is 7.01. The maximum atomic E-state index is 13.4. The molecule has 0 amide bonds. The summed E-state index contributed by atoms with van der Waals surface area (Å²) < 4.78 is 13.4. The van der Waals surface area contributed by atoms with Crippen molar-refractivity contribution in [3.63, 3.8) is 0 Å². The molecule has 1 heterocycles.